The maximum Gasteiger partial charge on any atom is 0.321 e. The van der Waals surface area contributed by atoms with Gasteiger partial charge in [0.25, 0.3) is 0 Å². The molecule has 2 N–H and O–H groups in total. The van der Waals surface area contributed by atoms with Gasteiger partial charge in [-0.25, -0.2) is 9.78 Å². The second-order valence-electron chi connectivity index (χ2n) is 7.80. The third-order valence-electron chi connectivity index (χ3n) is 6.04. The molecule has 1 saturated heterocycles. The van der Waals surface area contributed by atoms with Crippen LogP contribution in [0.25, 0.3) is 10.2 Å². The number of nitriles is 1. The molecule has 8 heteroatoms. The monoisotopic (exact) mass is 398 g/mol. The number of amides is 2. The summed E-state index contributed by atoms with van der Waals surface area (Å²) in [5.41, 5.74) is 7.16. The zero-order chi connectivity index (χ0) is 19.7. The quantitative estimate of drug-likeness (QED) is 0.858. The lowest BCUT2D eigenvalue weighted by molar-refractivity contribution is 0.0879. The smallest absolute Gasteiger partial charge is 0.321 e. The van der Waals surface area contributed by atoms with Gasteiger partial charge in [-0.2, -0.15) is 5.26 Å². The third kappa shape index (κ3) is 3.83. The van der Waals surface area contributed by atoms with Crippen molar-refractivity contribution in [3.63, 3.8) is 0 Å². The van der Waals surface area contributed by atoms with E-state index in [1.54, 1.807) is 11.0 Å². The Balaban J connectivity index is 1.47. The number of likely N-dealkylation sites (N-methyl/N-ethyl adjacent to an activating group) is 1. The fourth-order valence-corrected chi connectivity index (χ4v) is 5.47. The van der Waals surface area contributed by atoms with Crippen LogP contribution in [0, 0.1) is 11.3 Å². The van der Waals surface area contributed by atoms with Gasteiger partial charge in [0, 0.05) is 38.3 Å². The van der Waals surface area contributed by atoms with Crippen molar-refractivity contribution in [1.29, 1.82) is 5.26 Å². The molecule has 2 heterocycles. The molecular weight excluding hydrogens is 372 g/mol. The topological polar surface area (TPSA) is 89.5 Å². The highest BCUT2D eigenvalue weighted by Gasteiger charge is 2.33. The molecule has 148 valence electrons. The highest BCUT2D eigenvalue weighted by atomic mass is 32.1. The molecule has 1 aromatic heterocycles. The third-order valence-corrected chi connectivity index (χ3v) is 7.05. The minimum absolute atomic E-state index is 0.0946. The van der Waals surface area contributed by atoms with Gasteiger partial charge in [-0.3, -0.25) is 9.80 Å². The first kappa shape index (κ1) is 19.1. The molecule has 28 heavy (non-hydrogen) atoms. The van der Waals surface area contributed by atoms with E-state index in [9.17, 15) is 4.79 Å². The number of urea groups is 1. The van der Waals surface area contributed by atoms with Gasteiger partial charge in [0.05, 0.1) is 21.8 Å². The molecule has 1 saturated carbocycles. The average Bonchev–Trinajstić information content (AvgIpc) is 3.11. The summed E-state index contributed by atoms with van der Waals surface area (Å²) in [5, 5.41) is 9.73. The van der Waals surface area contributed by atoms with Crippen LogP contribution < -0.4 is 10.6 Å². The van der Waals surface area contributed by atoms with Gasteiger partial charge in [0.15, 0.2) is 5.13 Å². The number of nitrogens with two attached hydrogens (primary N) is 1. The Bertz CT molecular complexity index is 890. The molecule has 2 fully saturated rings. The number of carbonyl (C=O) groups excluding carboxylic acids is 1. The van der Waals surface area contributed by atoms with Crippen molar-refractivity contribution in [1.82, 2.24) is 14.8 Å². The summed E-state index contributed by atoms with van der Waals surface area (Å²) >= 11 is 1.43. The summed E-state index contributed by atoms with van der Waals surface area (Å²) in [7, 11) is 2.18. The number of aromatic nitrogens is 1. The van der Waals surface area contributed by atoms with E-state index >= 15 is 0 Å². The van der Waals surface area contributed by atoms with Crippen molar-refractivity contribution in [3.05, 3.63) is 23.8 Å². The molecule has 0 spiro atoms. The SMILES string of the molecule is CN1CCN(C2CCC(N(C(N)=O)c3nc4ccc(C#N)cc4s3)CC2)CC1. The van der Waals surface area contributed by atoms with Crippen LogP contribution >= 0.6 is 11.3 Å². The van der Waals surface area contributed by atoms with E-state index in [1.807, 2.05) is 12.1 Å². The molecule has 0 unspecified atom stereocenters. The molecule has 7 nitrogen and oxygen atoms in total. The van der Waals surface area contributed by atoms with E-state index in [0.717, 1.165) is 62.1 Å². The molecule has 0 atom stereocenters. The van der Waals surface area contributed by atoms with Crippen molar-refractivity contribution in [3.8, 4) is 6.07 Å². The average molecular weight is 399 g/mol. The van der Waals surface area contributed by atoms with E-state index in [-0.39, 0.29) is 6.04 Å². The number of rotatable bonds is 3. The fourth-order valence-electron chi connectivity index (χ4n) is 4.38. The molecule has 1 aliphatic carbocycles. The van der Waals surface area contributed by atoms with Gasteiger partial charge >= 0.3 is 6.03 Å². The van der Waals surface area contributed by atoms with E-state index in [1.165, 1.54) is 11.3 Å². The van der Waals surface area contributed by atoms with Gasteiger partial charge < -0.3 is 10.6 Å². The minimum atomic E-state index is -0.442. The number of thiazole rings is 1. The Morgan fingerprint density at radius 1 is 1.25 bits per heavy atom. The molecule has 2 aliphatic rings. The van der Waals surface area contributed by atoms with Crippen molar-refractivity contribution < 1.29 is 4.79 Å². The lowest BCUT2D eigenvalue weighted by atomic mass is 9.89. The maximum atomic E-state index is 12.3. The normalized spacial score (nSPS) is 24.1. The van der Waals surface area contributed by atoms with Crippen LogP contribution in [-0.4, -0.2) is 66.1 Å². The molecule has 4 rings (SSSR count). The largest absolute Gasteiger partial charge is 0.351 e. The van der Waals surface area contributed by atoms with Crippen LogP contribution in [0.4, 0.5) is 9.93 Å². The number of nitrogens with zero attached hydrogens (tertiary/aromatic N) is 5. The number of benzene rings is 1. The first-order valence-corrected chi connectivity index (χ1v) is 10.7. The number of carbonyl (C=O) groups is 1. The zero-order valence-corrected chi connectivity index (χ0v) is 17.0. The van der Waals surface area contributed by atoms with Crippen molar-refractivity contribution >= 4 is 32.7 Å². The Kier molecular flexibility index (Phi) is 5.49. The Morgan fingerprint density at radius 2 is 1.96 bits per heavy atom. The second-order valence-corrected chi connectivity index (χ2v) is 8.81. The summed E-state index contributed by atoms with van der Waals surface area (Å²) < 4.78 is 0.909. The Hall–Kier alpha value is -2.21. The number of anilines is 1. The predicted molar refractivity (Wildman–Crippen MR) is 112 cm³/mol. The van der Waals surface area contributed by atoms with Crippen LogP contribution in [0.1, 0.15) is 31.2 Å². The predicted octanol–water partition coefficient (Wildman–Crippen LogP) is 2.61. The van der Waals surface area contributed by atoms with Crippen LogP contribution in [0.5, 0.6) is 0 Å². The first-order chi connectivity index (χ1) is 13.5. The molecule has 1 aliphatic heterocycles. The summed E-state index contributed by atoms with van der Waals surface area (Å²) in [6, 6.07) is 7.81. The second kappa shape index (κ2) is 8.03. The highest BCUT2D eigenvalue weighted by molar-refractivity contribution is 7.22. The van der Waals surface area contributed by atoms with Crippen LogP contribution in [-0.2, 0) is 0 Å². The lowest BCUT2D eigenvalue weighted by Gasteiger charge is -2.42. The lowest BCUT2D eigenvalue weighted by Crippen LogP contribution is -2.52. The number of hydrogen-bond donors (Lipinski definition) is 1. The van der Waals surface area contributed by atoms with Crippen LogP contribution in [0.15, 0.2) is 18.2 Å². The number of primary amides is 1. The standard InChI is InChI=1S/C20H26N6OS/c1-24-8-10-25(11-9-24)15-3-5-16(6-4-15)26(19(22)27)20-23-17-7-2-14(13-21)12-18(17)28-20/h2,7,12,15-16H,3-6,8-11H2,1H3,(H2,22,27). The van der Waals surface area contributed by atoms with Gasteiger partial charge in [-0.1, -0.05) is 11.3 Å². The van der Waals surface area contributed by atoms with E-state index in [2.05, 4.69) is 27.9 Å². The van der Waals surface area contributed by atoms with E-state index in [0.29, 0.717) is 16.7 Å². The summed E-state index contributed by atoms with van der Waals surface area (Å²) in [5.74, 6) is 0. The van der Waals surface area contributed by atoms with Gasteiger partial charge in [0.1, 0.15) is 0 Å². The fraction of sp³-hybridized carbons (Fsp3) is 0.550. The summed E-state index contributed by atoms with van der Waals surface area (Å²) in [6.45, 7) is 4.52. The molecular formula is C20H26N6OS. The van der Waals surface area contributed by atoms with E-state index in [4.69, 9.17) is 11.0 Å². The van der Waals surface area contributed by atoms with Crippen molar-refractivity contribution in [2.45, 2.75) is 37.8 Å². The highest BCUT2D eigenvalue weighted by Crippen LogP contribution is 2.35. The molecule has 0 radical (unpaired) electrons. The van der Waals surface area contributed by atoms with Crippen molar-refractivity contribution in [2.75, 3.05) is 38.1 Å². The minimum Gasteiger partial charge on any atom is -0.351 e. The van der Waals surface area contributed by atoms with Crippen molar-refractivity contribution in [2.24, 2.45) is 5.73 Å². The van der Waals surface area contributed by atoms with Crippen LogP contribution in [0.3, 0.4) is 0 Å². The molecule has 2 aromatic rings. The van der Waals surface area contributed by atoms with E-state index < -0.39 is 6.03 Å². The van der Waals surface area contributed by atoms with Crippen LogP contribution in [0.2, 0.25) is 0 Å². The molecule has 0 bridgehead atoms. The van der Waals surface area contributed by atoms with Gasteiger partial charge in [-0.15, -0.1) is 0 Å². The maximum absolute atomic E-state index is 12.3. The molecule has 1 aromatic carbocycles. The molecule has 2 amide bonds. The first-order valence-electron chi connectivity index (χ1n) is 9.87. The number of fused-ring (bicyclic) bond motifs is 1. The Morgan fingerprint density at radius 3 is 2.61 bits per heavy atom. The number of piperazine rings is 1. The number of hydrogen-bond acceptors (Lipinski definition) is 6. The Labute approximate surface area is 169 Å². The van der Waals surface area contributed by atoms with Gasteiger partial charge in [0.2, 0.25) is 0 Å². The summed E-state index contributed by atoms with van der Waals surface area (Å²) in [6.07, 6.45) is 4.06. The van der Waals surface area contributed by atoms with Gasteiger partial charge in [-0.05, 0) is 50.9 Å². The zero-order valence-electron chi connectivity index (χ0n) is 16.2. The summed E-state index contributed by atoms with van der Waals surface area (Å²) in [4.78, 5) is 23.5.